The van der Waals surface area contributed by atoms with Crippen molar-refractivity contribution in [1.82, 2.24) is 0 Å². The van der Waals surface area contributed by atoms with Crippen LogP contribution in [0.15, 0.2) is 29.2 Å². The molecule has 0 saturated heterocycles. The van der Waals surface area contributed by atoms with Crippen LogP contribution in [0.2, 0.25) is 0 Å². The van der Waals surface area contributed by atoms with Crippen LogP contribution in [0, 0.1) is 0 Å². The van der Waals surface area contributed by atoms with Crippen LogP contribution in [0.4, 0.5) is 5.69 Å². The first-order valence-electron chi connectivity index (χ1n) is 4.37. The van der Waals surface area contributed by atoms with Crippen molar-refractivity contribution in [2.75, 3.05) is 19.5 Å². The average molecular weight is 227 g/mol. The predicted molar refractivity (Wildman–Crippen MR) is 60.0 cm³/mol. The Balaban J connectivity index is 2.69. The molecule has 0 aromatic heterocycles. The molecule has 0 aliphatic rings. The van der Waals surface area contributed by atoms with Gasteiger partial charge in [0.1, 0.15) is 5.25 Å². The summed E-state index contributed by atoms with van der Waals surface area (Å²) in [6, 6.07) is 7.13. The predicted octanol–water partition coefficient (Wildman–Crippen LogP) is 1.46. The summed E-state index contributed by atoms with van der Waals surface area (Å²) in [4.78, 5) is 11.7. The molecule has 5 heteroatoms. The number of methoxy groups -OCH3 is 1. The zero-order valence-corrected chi connectivity index (χ0v) is 9.16. The molecule has 0 spiro atoms. The van der Waals surface area contributed by atoms with E-state index in [1.54, 1.807) is 18.2 Å². The summed E-state index contributed by atoms with van der Waals surface area (Å²) in [6.45, 7) is 0.175. The van der Waals surface area contributed by atoms with Crippen molar-refractivity contribution >= 4 is 23.4 Å². The van der Waals surface area contributed by atoms with Crippen LogP contribution < -0.4 is 5.73 Å². The van der Waals surface area contributed by atoms with Crippen LogP contribution in [0.25, 0.3) is 0 Å². The Morgan fingerprint density at radius 1 is 1.67 bits per heavy atom. The van der Waals surface area contributed by atoms with Gasteiger partial charge in [0.05, 0.1) is 6.61 Å². The number of nitrogens with two attached hydrogens (primary N) is 1. The maximum atomic E-state index is 10.8. The molecule has 1 aromatic rings. The van der Waals surface area contributed by atoms with Crippen molar-refractivity contribution in [3.8, 4) is 0 Å². The molecule has 1 aromatic carbocycles. The van der Waals surface area contributed by atoms with Gasteiger partial charge < -0.3 is 15.6 Å². The summed E-state index contributed by atoms with van der Waals surface area (Å²) in [7, 11) is 1.48. The Morgan fingerprint density at radius 3 is 2.93 bits per heavy atom. The quantitative estimate of drug-likeness (QED) is 0.588. The maximum Gasteiger partial charge on any atom is 0.319 e. The topological polar surface area (TPSA) is 72.5 Å². The van der Waals surface area contributed by atoms with Crippen LogP contribution in [0.1, 0.15) is 0 Å². The van der Waals surface area contributed by atoms with Crippen molar-refractivity contribution in [2.45, 2.75) is 10.1 Å². The fraction of sp³-hybridized carbons (Fsp3) is 0.300. The smallest absolute Gasteiger partial charge is 0.319 e. The number of nitrogen functional groups attached to an aromatic ring is 1. The molecule has 15 heavy (non-hydrogen) atoms. The molecule has 0 radical (unpaired) electrons. The lowest BCUT2D eigenvalue weighted by Gasteiger charge is -2.10. The molecule has 1 unspecified atom stereocenters. The number of thioether (sulfide) groups is 1. The minimum Gasteiger partial charge on any atom is -0.480 e. The molecular formula is C10H13NO3S. The monoisotopic (exact) mass is 227 g/mol. The van der Waals surface area contributed by atoms with Gasteiger partial charge in [0.25, 0.3) is 0 Å². The van der Waals surface area contributed by atoms with Gasteiger partial charge in [-0.2, -0.15) is 0 Å². The van der Waals surface area contributed by atoms with Crippen LogP contribution in [-0.2, 0) is 9.53 Å². The van der Waals surface area contributed by atoms with Crippen LogP contribution >= 0.6 is 11.8 Å². The van der Waals surface area contributed by atoms with E-state index in [1.165, 1.54) is 18.9 Å². The SMILES string of the molecule is COCC(Sc1cccc(N)c1)C(=O)O. The Morgan fingerprint density at radius 2 is 2.40 bits per heavy atom. The summed E-state index contributed by atoms with van der Waals surface area (Å²) >= 11 is 1.23. The van der Waals surface area contributed by atoms with Gasteiger partial charge in [-0.25, -0.2) is 0 Å². The fourth-order valence-corrected chi connectivity index (χ4v) is 2.05. The number of benzene rings is 1. The van der Waals surface area contributed by atoms with Gasteiger partial charge in [0.15, 0.2) is 0 Å². The van der Waals surface area contributed by atoms with Crippen molar-refractivity contribution in [3.63, 3.8) is 0 Å². The van der Waals surface area contributed by atoms with E-state index in [0.29, 0.717) is 5.69 Å². The number of anilines is 1. The van der Waals surface area contributed by atoms with Crippen molar-refractivity contribution in [2.24, 2.45) is 0 Å². The lowest BCUT2D eigenvalue weighted by atomic mass is 10.3. The number of carboxylic acid groups (broad SMARTS) is 1. The summed E-state index contributed by atoms with van der Waals surface area (Å²) in [5.41, 5.74) is 6.22. The molecule has 0 amide bonds. The molecule has 0 aliphatic carbocycles. The third-order valence-electron chi connectivity index (χ3n) is 1.73. The molecule has 0 aliphatic heterocycles. The minimum atomic E-state index is -0.885. The van der Waals surface area contributed by atoms with Gasteiger partial charge >= 0.3 is 5.97 Å². The second-order valence-corrected chi connectivity index (χ2v) is 4.25. The Labute approximate surface area is 92.4 Å². The molecule has 1 rings (SSSR count). The Kier molecular flexibility index (Phi) is 4.45. The van der Waals surface area contributed by atoms with Crippen LogP contribution in [0.5, 0.6) is 0 Å². The highest BCUT2D eigenvalue weighted by molar-refractivity contribution is 8.00. The molecule has 0 heterocycles. The number of ether oxygens (including phenoxy) is 1. The van der Waals surface area contributed by atoms with Crippen molar-refractivity contribution < 1.29 is 14.6 Å². The third-order valence-corrected chi connectivity index (χ3v) is 2.88. The highest BCUT2D eigenvalue weighted by Crippen LogP contribution is 2.25. The number of aliphatic carboxylic acids is 1. The molecule has 3 N–H and O–H groups in total. The van der Waals surface area contributed by atoms with E-state index >= 15 is 0 Å². The Hall–Kier alpha value is -1.20. The number of rotatable bonds is 5. The van der Waals surface area contributed by atoms with Gasteiger partial charge in [0.2, 0.25) is 0 Å². The fourth-order valence-electron chi connectivity index (χ4n) is 1.06. The summed E-state index contributed by atoms with van der Waals surface area (Å²) in [5, 5.41) is 8.30. The van der Waals surface area contributed by atoms with Gasteiger partial charge in [-0.05, 0) is 18.2 Å². The number of hydrogen-bond acceptors (Lipinski definition) is 4. The second kappa shape index (κ2) is 5.63. The lowest BCUT2D eigenvalue weighted by Crippen LogP contribution is -2.21. The van der Waals surface area contributed by atoms with Gasteiger partial charge in [-0.15, -0.1) is 11.8 Å². The first-order chi connectivity index (χ1) is 7.13. The van der Waals surface area contributed by atoms with E-state index in [0.717, 1.165) is 4.90 Å². The molecule has 0 fully saturated rings. The number of carboxylic acids is 1. The molecule has 0 bridgehead atoms. The van der Waals surface area contributed by atoms with E-state index < -0.39 is 11.2 Å². The summed E-state index contributed by atoms with van der Waals surface area (Å²) in [6.07, 6.45) is 0. The first kappa shape index (κ1) is 11.9. The standard InChI is InChI=1S/C10H13NO3S/c1-14-6-9(10(12)13)15-8-4-2-3-7(11)5-8/h2-5,9H,6,11H2,1H3,(H,12,13). The molecule has 0 saturated carbocycles. The van der Waals surface area contributed by atoms with Crippen LogP contribution in [-0.4, -0.2) is 30.0 Å². The van der Waals surface area contributed by atoms with Gasteiger partial charge in [-0.3, -0.25) is 4.79 Å². The molecule has 1 atom stereocenters. The largest absolute Gasteiger partial charge is 0.480 e. The summed E-state index contributed by atoms with van der Waals surface area (Å²) in [5.74, 6) is -0.885. The van der Waals surface area contributed by atoms with Crippen molar-refractivity contribution in [3.05, 3.63) is 24.3 Å². The van der Waals surface area contributed by atoms with Crippen molar-refractivity contribution in [1.29, 1.82) is 0 Å². The summed E-state index contributed by atoms with van der Waals surface area (Å²) < 4.78 is 4.83. The minimum absolute atomic E-state index is 0.175. The average Bonchev–Trinajstić information content (AvgIpc) is 2.17. The van der Waals surface area contributed by atoms with E-state index in [1.807, 2.05) is 6.07 Å². The Bertz CT molecular complexity index is 343. The van der Waals surface area contributed by atoms with E-state index in [-0.39, 0.29) is 6.61 Å². The molecular weight excluding hydrogens is 214 g/mol. The van der Waals surface area contributed by atoms with E-state index in [4.69, 9.17) is 15.6 Å². The zero-order chi connectivity index (χ0) is 11.3. The normalized spacial score (nSPS) is 12.3. The lowest BCUT2D eigenvalue weighted by molar-refractivity contribution is -0.137. The van der Waals surface area contributed by atoms with Crippen LogP contribution in [0.3, 0.4) is 0 Å². The molecule has 4 nitrogen and oxygen atoms in total. The number of hydrogen-bond donors (Lipinski definition) is 2. The molecule has 82 valence electrons. The van der Waals surface area contributed by atoms with Gasteiger partial charge in [0, 0.05) is 17.7 Å². The maximum absolute atomic E-state index is 10.8. The first-order valence-corrected chi connectivity index (χ1v) is 5.25. The van der Waals surface area contributed by atoms with E-state index in [9.17, 15) is 4.79 Å². The zero-order valence-electron chi connectivity index (χ0n) is 8.34. The van der Waals surface area contributed by atoms with E-state index in [2.05, 4.69) is 0 Å². The third kappa shape index (κ3) is 3.81. The highest BCUT2D eigenvalue weighted by atomic mass is 32.2. The number of carbonyl (C=O) groups is 1. The highest BCUT2D eigenvalue weighted by Gasteiger charge is 2.18. The second-order valence-electron chi connectivity index (χ2n) is 2.97. The van der Waals surface area contributed by atoms with Gasteiger partial charge in [-0.1, -0.05) is 6.07 Å².